The van der Waals surface area contributed by atoms with Crippen LogP contribution in [-0.2, 0) is 14.4 Å². The Balaban J connectivity index is 2.34. The summed E-state index contributed by atoms with van der Waals surface area (Å²) in [6.45, 7) is 0. The van der Waals surface area contributed by atoms with Crippen molar-refractivity contribution in [2.24, 2.45) is 0 Å². The highest BCUT2D eigenvalue weighted by Crippen LogP contribution is 1.99. The van der Waals surface area contributed by atoms with E-state index < -0.39 is 0 Å². The van der Waals surface area contributed by atoms with Crippen molar-refractivity contribution in [1.29, 1.82) is 0 Å². The van der Waals surface area contributed by atoms with Crippen LogP contribution in [-0.4, -0.2) is 19.1 Å². The van der Waals surface area contributed by atoms with E-state index >= 15 is 0 Å². The van der Waals surface area contributed by atoms with E-state index in [-0.39, 0.29) is 11.7 Å². The van der Waals surface area contributed by atoms with Crippen molar-refractivity contribution in [2.45, 2.75) is 19.3 Å². The van der Waals surface area contributed by atoms with E-state index in [1.807, 2.05) is 0 Å². The van der Waals surface area contributed by atoms with E-state index in [9.17, 15) is 9.59 Å². The maximum Gasteiger partial charge on any atom is 0.342 e. The lowest BCUT2D eigenvalue weighted by Gasteiger charge is -2.07. The first-order chi connectivity index (χ1) is 4.79. The van der Waals surface area contributed by atoms with Gasteiger partial charge in [-0.05, 0) is 12.8 Å². The standard InChI is InChI=1S/C5H7BNO3/c8-4-2-1-3-5(9)10-7-6-4/h7H,1-3H2. The van der Waals surface area contributed by atoms with Gasteiger partial charge in [-0.2, -0.15) is 5.39 Å². The fourth-order valence-corrected chi connectivity index (χ4v) is 0.691. The van der Waals surface area contributed by atoms with Gasteiger partial charge in [0.2, 0.25) is 0 Å². The molecule has 1 aliphatic heterocycles. The van der Waals surface area contributed by atoms with Gasteiger partial charge >= 0.3 is 13.4 Å². The molecule has 5 heteroatoms. The molecule has 1 radical (unpaired) electrons. The Labute approximate surface area is 59.1 Å². The number of nitrogens with one attached hydrogen (secondary N) is 1. The number of carbonyl (C=O) groups excluding carboxylic acids is 2. The fraction of sp³-hybridized carbons (Fsp3) is 0.600. The average molecular weight is 140 g/mol. The van der Waals surface area contributed by atoms with E-state index in [0.717, 1.165) is 7.41 Å². The Bertz CT molecular complexity index is 129. The van der Waals surface area contributed by atoms with Crippen LogP contribution in [0.15, 0.2) is 0 Å². The number of rotatable bonds is 0. The summed E-state index contributed by atoms with van der Waals surface area (Å²) in [5.74, 6) is -0.316. The van der Waals surface area contributed by atoms with E-state index in [0.29, 0.717) is 19.3 Å². The minimum atomic E-state index is -0.316. The zero-order valence-electron chi connectivity index (χ0n) is 5.42. The van der Waals surface area contributed by atoms with Crippen LogP contribution in [0.5, 0.6) is 0 Å². The zero-order chi connectivity index (χ0) is 7.40. The second-order valence-corrected chi connectivity index (χ2v) is 2.06. The third-order valence-corrected chi connectivity index (χ3v) is 1.20. The Morgan fingerprint density at radius 3 is 3.00 bits per heavy atom. The predicted molar refractivity (Wildman–Crippen MR) is 33.8 cm³/mol. The predicted octanol–water partition coefficient (Wildman–Crippen LogP) is -0.636. The topological polar surface area (TPSA) is 55.4 Å². The van der Waals surface area contributed by atoms with E-state index in [1.165, 1.54) is 0 Å². The van der Waals surface area contributed by atoms with Gasteiger partial charge in [0.1, 0.15) is 5.68 Å². The van der Waals surface area contributed by atoms with E-state index in [2.05, 4.69) is 10.2 Å². The van der Waals surface area contributed by atoms with Gasteiger partial charge in [-0.25, -0.2) is 0 Å². The summed E-state index contributed by atoms with van der Waals surface area (Å²) in [6, 6.07) is 0. The second-order valence-electron chi connectivity index (χ2n) is 2.06. The molecule has 0 amide bonds. The molecule has 1 rings (SSSR count). The quantitative estimate of drug-likeness (QED) is 0.455. The Kier molecular flexibility index (Phi) is 2.45. The van der Waals surface area contributed by atoms with Crippen LogP contribution in [0.1, 0.15) is 19.3 Å². The highest BCUT2D eigenvalue weighted by Gasteiger charge is 2.12. The summed E-state index contributed by atoms with van der Waals surface area (Å²) in [5.41, 5.74) is -0.0347. The van der Waals surface area contributed by atoms with Crippen molar-refractivity contribution in [3.8, 4) is 0 Å². The van der Waals surface area contributed by atoms with Crippen LogP contribution in [0.4, 0.5) is 0 Å². The Morgan fingerprint density at radius 2 is 2.20 bits per heavy atom. The lowest BCUT2D eigenvalue weighted by molar-refractivity contribution is -0.147. The third kappa shape index (κ3) is 2.18. The molecule has 10 heavy (non-hydrogen) atoms. The van der Waals surface area contributed by atoms with Gasteiger partial charge in [0.05, 0.1) is 0 Å². The summed E-state index contributed by atoms with van der Waals surface area (Å²) in [7, 11) is 1.16. The van der Waals surface area contributed by atoms with E-state index in [1.54, 1.807) is 0 Å². The lowest BCUT2D eigenvalue weighted by Crippen LogP contribution is -2.32. The highest BCUT2D eigenvalue weighted by molar-refractivity contribution is 6.71. The van der Waals surface area contributed by atoms with Gasteiger partial charge in [-0.15, -0.1) is 0 Å². The summed E-state index contributed by atoms with van der Waals surface area (Å²) >= 11 is 0. The molecule has 53 valence electrons. The monoisotopic (exact) mass is 140 g/mol. The molecule has 1 saturated heterocycles. The lowest BCUT2D eigenvalue weighted by atomic mass is 9.85. The Hall–Kier alpha value is -0.835. The maximum absolute atomic E-state index is 10.6. The van der Waals surface area contributed by atoms with Crippen LogP contribution in [0.25, 0.3) is 0 Å². The van der Waals surface area contributed by atoms with Crippen LogP contribution in [0.3, 0.4) is 0 Å². The maximum atomic E-state index is 10.6. The molecule has 1 N–H and O–H groups in total. The molecule has 0 saturated carbocycles. The summed E-state index contributed by atoms with van der Waals surface area (Å²) in [4.78, 5) is 25.5. The molecule has 0 atom stereocenters. The number of hydrogen-bond donors (Lipinski definition) is 1. The fourth-order valence-electron chi connectivity index (χ4n) is 0.691. The van der Waals surface area contributed by atoms with Crippen LogP contribution >= 0.6 is 0 Å². The number of hydrogen-bond acceptors (Lipinski definition) is 4. The number of carbonyl (C=O) groups is 2. The van der Waals surface area contributed by atoms with Crippen molar-refractivity contribution >= 4 is 19.1 Å². The van der Waals surface area contributed by atoms with Crippen molar-refractivity contribution in [2.75, 3.05) is 0 Å². The minimum absolute atomic E-state index is 0.0347. The Morgan fingerprint density at radius 1 is 1.40 bits per heavy atom. The van der Waals surface area contributed by atoms with E-state index in [4.69, 9.17) is 0 Å². The van der Waals surface area contributed by atoms with Gasteiger partial charge in [0, 0.05) is 6.42 Å². The minimum Gasteiger partial charge on any atom is -0.383 e. The van der Waals surface area contributed by atoms with Gasteiger partial charge in [0.25, 0.3) is 0 Å². The second kappa shape index (κ2) is 3.36. The molecule has 0 aromatic rings. The molecular weight excluding hydrogens is 133 g/mol. The van der Waals surface area contributed by atoms with Crippen LogP contribution in [0.2, 0.25) is 0 Å². The van der Waals surface area contributed by atoms with Gasteiger partial charge in [0.15, 0.2) is 0 Å². The molecular formula is C5H7BNO3. The molecule has 4 nitrogen and oxygen atoms in total. The molecule has 0 spiro atoms. The van der Waals surface area contributed by atoms with Crippen molar-refractivity contribution in [1.82, 2.24) is 5.39 Å². The first kappa shape index (κ1) is 7.27. The molecule has 0 bridgehead atoms. The zero-order valence-corrected chi connectivity index (χ0v) is 5.42. The largest absolute Gasteiger partial charge is 0.383 e. The van der Waals surface area contributed by atoms with Crippen LogP contribution in [0, 0.1) is 0 Å². The SMILES string of the molecule is O=C1[B]NOC(=O)CCC1. The van der Waals surface area contributed by atoms with Crippen molar-refractivity contribution < 1.29 is 14.4 Å². The first-order valence-corrected chi connectivity index (χ1v) is 3.10. The summed E-state index contributed by atoms with van der Waals surface area (Å²) in [5, 5.41) is 2.16. The normalized spacial score (nSPS) is 20.4. The van der Waals surface area contributed by atoms with Gasteiger partial charge in [-0.3, -0.25) is 4.79 Å². The smallest absolute Gasteiger partial charge is 0.342 e. The molecule has 0 aliphatic carbocycles. The molecule has 1 fully saturated rings. The molecule has 1 aliphatic rings. The van der Waals surface area contributed by atoms with Crippen LogP contribution < -0.4 is 5.39 Å². The average Bonchev–Trinajstić information content (AvgIpc) is 1.84. The first-order valence-electron chi connectivity index (χ1n) is 3.10. The third-order valence-electron chi connectivity index (χ3n) is 1.20. The summed E-state index contributed by atoms with van der Waals surface area (Å²) < 4.78 is 0. The molecule has 0 aromatic heterocycles. The molecule has 1 heterocycles. The summed E-state index contributed by atoms with van der Waals surface area (Å²) in [6.07, 6.45) is 1.31. The van der Waals surface area contributed by atoms with Crippen molar-refractivity contribution in [3.05, 3.63) is 0 Å². The van der Waals surface area contributed by atoms with Gasteiger partial charge in [-0.1, -0.05) is 0 Å². The van der Waals surface area contributed by atoms with Gasteiger partial charge < -0.3 is 9.63 Å². The highest BCUT2D eigenvalue weighted by atomic mass is 16.7. The molecule has 0 aromatic carbocycles. The van der Waals surface area contributed by atoms with Crippen molar-refractivity contribution in [3.63, 3.8) is 0 Å². The molecule has 0 unspecified atom stereocenters.